The van der Waals surface area contributed by atoms with Crippen LogP contribution in [-0.4, -0.2) is 21.8 Å². The number of hydrogen-bond donors (Lipinski definition) is 1. The molecule has 2 nitrogen and oxygen atoms in total. The zero-order chi connectivity index (χ0) is 7.28. The van der Waals surface area contributed by atoms with E-state index in [2.05, 4.69) is 0 Å². The van der Waals surface area contributed by atoms with Gasteiger partial charge >= 0.3 is 0 Å². The first-order chi connectivity index (χ1) is 4.22. The smallest absolute Gasteiger partial charge is 0.0442 e. The Morgan fingerprint density at radius 3 is 2.56 bits per heavy atom. The molecule has 0 heterocycles. The first-order valence-electron chi connectivity index (χ1n) is 3.29. The molecule has 0 amide bonds. The second-order valence-corrected chi connectivity index (χ2v) is 4.11. The quantitative estimate of drug-likeness (QED) is 0.632. The van der Waals surface area contributed by atoms with Crippen LogP contribution in [-0.2, 0) is 10.8 Å². The van der Waals surface area contributed by atoms with E-state index in [9.17, 15) is 4.21 Å². The van der Waals surface area contributed by atoms with Crippen LogP contribution >= 0.6 is 0 Å². The highest BCUT2D eigenvalue weighted by molar-refractivity contribution is 7.85. The predicted octanol–water partition coefficient (Wildman–Crippen LogP) is 0.492. The van der Waals surface area contributed by atoms with Crippen molar-refractivity contribution in [3.05, 3.63) is 0 Å². The summed E-state index contributed by atoms with van der Waals surface area (Å²) >= 11 is 0. The van der Waals surface area contributed by atoms with Gasteiger partial charge in [-0.25, -0.2) is 0 Å². The van der Waals surface area contributed by atoms with Gasteiger partial charge in [-0.1, -0.05) is 6.92 Å². The van der Waals surface area contributed by atoms with Gasteiger partial charge in [0.25, 0.3) is 0 Å². The molecule has 0 aromatic rings. The fourth-order valence-electron chi connectivity index (χ4n) is 0.510. The summed E-state index contributed by atoms with van der Waals surface area (Å²) < 4.78 is 11.0. The molecule has 0 aliphatic heterocycles. The molecule has 0 rings (SSSR count). The predicted molar refractivity (Wildman–Crippen MR) is 41.8 cm³/mol. The van der Waals surface area contributed by atoms with Crippen LogP contribution in [0.2, 0.25) is 0 Å². The molecular formula is C6H15NOS. The minimum atomic E-state index is -0.690. The summed E-state index contributed by atoms with van der Waals surface area (Å²) in [7, 11) is -0.690. The molecule has 0 saturated carbocycles. The average molecular weight is 149 g/mol. The molecule has 0 saturated heterocycles. The molecule has 0 aromatic heterocycles. The molecule has 0 aromatic carbocycles. The van der Waals surface area contributed by atoms with Crippen molar-refractivity contribution in [3.63, 3.8) is 0 Å². The van der Waals surface area contributed by atoms with E-state index in [-0.39, 0.29) is 5.25 Å². The fraction of sp³-hybridized carbons (Fsp3) is 1.00. The Hall–Kier alpha value is 0.110. The largest absolute Gasteiger partial charge is 0.329 e. The van der Waals surface area contributed by atoms with Crippen LogP contribution in [0.5, 0.6) is 0 Å². The Kier molecular flexibility index (Phi) is 5.00. The van der Waals surface area contributed by atoms with Crippen LogP contribution in [0, 0.1) is 0 Å². The molecule has 0 aliphatic carbocycles. The molecule has 2 atom stereocenters. The van der Waals surface area contributed by atoms with E-state index in [4.69, 9.17) is 5.73 Å². The summed E-state index contributed by atoms with van der Waals surface area (Å²) in [5.41, 5.74) is 5.31. The third-order valence-corrected chi connectivity index (χ3v) is 3.09. The number of rotatable bonds is 4. The Balaban J connectivity index is 3.46. The van der Waals surface area contributed by atoms with Gasteiger partial charge in [-0.3, -0.25) is 4.21 Å². The van der Waals surface area contributed by atoms with E-state index in [1.54, 1.807) is 0 Å². The van der Waals surface area contributed by atoms with Crippen LogP contribution < -0.4 is 5.73 Å². The minimum Gasteiger partial charge on any atom is -0.329 e. The van der Waals surface area contributed by atoms with E-state index < -0.39 is 10.8 Å². The van der Waals surface area contributed by atoms with Crippen molar-refractivity contribution >= 4 is 10.8 Å². The molecule has 0 spiro atoms. The molecule has 0 aliphatic rings. The van der Waals surface area contributed by atoms with Crippen LogP contribution in [0.1, 0.15) is 20.3 Å². The summed E-state index contributed by atoms with van der Waals surface area (Å²) in [6.45, 7) is 4.49. The van der Waals surface area contributed by atoms with Gasteiger partial charge in [0.1, 0.15) is 0 Å². The van der Waals surface area contributed by atoms with Gasteiger partial charge in [-0.15, -0.1) is 0 Å². The molecule has 0 bridgehead atoms. The number of hydrogen-bond acceptors (Lipinski definition) is 2. The molecule has 9 heavy (non-hydrogen) atoms. The highest BCUT2D eigenvalue weighted by Crippen LogP contribution is 1.94. The van der Waals surface area contributed by atoms with Crippen LogP contribution in [0.4, 0.5) is 0 Å². The molecule has 3 heteroatoms. The maximum Gasteiger partial charge on any atom is 0.0442 e. The van der Waals surface area contributed by atoms with Gasteiger partial charge in [0.2, 0.25) is 0 Å². The first kappa shape index (κ1) is 9.11. The summed E-state index contributed by atoms with van der Waals surface area (Å²) in [4.78, 5) is 0. The van der Waals surface area contributed by atoms with Gasteiger partial charge in [-0.05, 0) is 13.3 Å². The van der Waals surface area contributed by atoms with Gasteiger partial charge in [0.05, 0.1) is 0 Å². The highest BCUT2D eigenvalue weighted by Gasteiger charge is 2.05. The normalized spacial score (nSPS) is 17.2. The second kappa shape index (κ2) is 4.94. The lowest BCUT2D eigenvalue weighted by Gasteiger charge is -2.05. The van der Waals surface area contributed by atoms with Crippen molar-refractivity contribution in [3.8, 4) is 0 Å². The van der Waals surface area contributed by atoms with E-state index in [1.807, 2.05) is 13.8 Å². The summed E-state index contributed by atoms with van der Waals surface area (Å²) in [5, 5.41) is 0.171. The van der Waals surface area contributed by atoms with E-state index >= 15 is 0 Å². The fourth-order valence-corrected chi connectivity index (χ4v) is 1.53. The van der Waals surface area contributed by atoms with Crippen molar-refractivity contribution in [1.29, 1.82) is 0 Å². The topological polar surface area (TPSA) is 43.1 Å². The summed E-state index contributed by atoms with van der Waals surface area (Å²) in [5.74, 6) is 0.790. The summed E-state index contributed by atoms with van der Waals surface area (Å²) in [6, 6.07) is 0. The molecular weight excluding hydrogens is 134 g/mol. The monoisotopic (exact) mass is 149 g/mol. The SMILES string of the molecule is CCCS(=O)C(C)CN. The van der Waals surface area contributed by atoms with Gasteiger partial charge in [0.15, 0.2) is 0 Å². The van der Waals surface area contributed by atoms with Crippen molar-refractivity contribution in [2.45, 2.75) is 25.5 Å². The highest BCUT2D eigenvalue weighted by atomic mass is 32.2. The molecule has 56 valence electrons. The Morgan fingerprint density at radius 2 is 2.22 bits per heavy atom. The molecule has 0 radical (unpaired) electrons. The lowest BCUT2D eigenvalue weighted by atomic mass is 10.5. The zero-order valence-electron chi connectivity index (χ0n) is 6.09. The minimum absolute atomic E-state index is 0.171. The second-order valence-electron chi connectivity index (χ2n) is 2.13. The maximum absolute atomic E-state index is 11.0. The lowest BCUT2D eigenvalue weighted by Crippen LogP contribution is -2.23. The third kappa shape index (κ3) is 3.65. The third-order valence-electron chi connectivity index (χ3n) is 1.19. The first-order valence-corrected chi connectivity index (χ1v) is 4.67. The van der Waals surface area contributed by atoms with Crippen molar-refractivity contribution in [2.75, 3.05) is 12.3 Å². The Labute approximate surface area is 59.3 Å². The molecule has 2 N–H and O–H groups in total. The van der Waals surface area contributed by atoms with Gasteiger partial charge in [-0.2, -0.15) is 0 Å². The van der Waals surface area contributed by atoms with Gasteiger partial charge in [0, 0.05) is 28.3 Å². The van der Waals surface area contributed by atoms with Gasteiger partial charge < -0.3 is 5.73 Å². The van der Waals surface area contributed by atoms with E-state index in [0.29, 0.717) is 6.54 Å². The van der Waals surface area contributed by atoms with Crippen molar-refractivity contribution in [1.82, 2.24) is 0 Å². The Bertz CT molecular complexity index is 95.1. The van der Waals surface area contributed by atoms with E-state index in [1.165, 1.54) is 0 Å². The Morgan fingerprint density at radius 1 is 1.67 bits per heavy atom. The zero-order valence-corrected chi connectivity index (χ0v) is 6.91. The number of nitrogens with two attached hydrogens (primary N) is 1. The molecule has 0 fully saturated rings. The average Bonchev–Trinajstić information content (AvgIpc) is 1.87. The van der Waals surface area contributed by atoms with E-state index in [0.717, 1.165) is 12.2 Å². The van der Waals surface area contributed by atoms with Crippen molar-refractivity contribution in [2.24, 2.45) is 5.73 Å². The maximum atomic E-state index is 11.0. The van der Waals surface area contributed by atoms with Crippen LogP contribution in [0.25, 0.3) is 0 Å². The van der Waals surface area contributed by atoms with Crippen molar-refractivity contribution < 1.29 is 4.21 Å². The standard InChI is InChI=1S/C6H15NOS/c1-3-4-9(8)6(2)5-7/h6H,3-5,7H2,1-2H3. The van der Waals surface area contributed by atoms with Crippen LogP contribution in [0.3, 0.4) is 0 Å². The van der Waals surface area contributed by atoms with Crippen LogP contribution in [0.15, 0.2) is 0 Å². The summed E-state index contributed by atoms with van der Waals surface area (Å²) in [6.07, 6.45) is 0.983. The molecule has 2 unspecified atom stereocenters. The lowest BCUT2D eigenvalue weighted by molar-refractivity contribution is 0.672.